The van der Waals surface area contributed by atoms with E-state index in [9.17, 15) is 0 Å². The molecule has 0 spiro atoms. The lowest BCUT2D eigenvalue weighted by molar-refractivity contribution is 0.226. The summed E-state index contributed by atoms with van der Waals surface area (Å²) in [5.41, 5.74) is 1.35. The highest BCUT2D eigenvalue weighted by atomic mass is 16.5. The summed E-state index contributed by atoms with van der Waals surface area (Å²) in [7, 11) is 2.20. The Kier molecular flexibility index (Phi) is 5.86. The van der Waals surface area contributed by atoms with Crippen molar-refractivity contribution in [1.29, 1.82) is 0 Å². The maximum atomic E-state index is 5.91. The summed E-state index contributed by atoms with van der Waals surface area (Å²) >= 11 is 0. The van der Waals surface area contributed by atoms with E-state index in [-0.39, 0.29) is 0 Å². The van der Waals surface area contributed by atoms with E-state index >= 15 is 0 Å². The molecule has 0 aromatic heterocycles. The lowest BCUT2D eigenvalue weighted by atomic mass is 10.1. The monoisotopic (exact) mass is 276 g/mol. The fourth-order valence-corrected chi connectivity index (χ4v) is 2.50. The molecule has 0 saturated carbocycles. The summed E-state index contributed by atoms with van der Waals surface area (Å²) in [5, 5.41) is 3.52. The Labute approximate surface area is 123 Å². The largest absolute Gasteiger partial charge is 0.488 e. The van der Waals surface area contributed by atoms with Crippen LogP contribution < -0.4 is 10.1 Å². The van der Waals surface area contributed by atoms with Gasteiger partial charge in [0.25, 0.3) is 0 Å². The second kappa shape index (κ2) is 7.65. The van der Waals surface area contributed by atoms with Gasteiger partial charge in [0.1, 0.15) is 11.9 Å². The molecule has 1 N–H and O–H groups in total. The number of hydrogen-bond acceptors (Lipinski definition) is 3. The van der Waals surface area contributed by atoms with E-state index in [1.807, 2.05) is 6.07 Å². The molecule has 0 amide bonds. The first-order valence-electron chi connectivity index (χ1n) is 7.82. The van der Waals surface area contributed by atoms with Crippen LogP contribution in [-0.2, 0) is 6.42 Å². The summed E-state index contributed by atoms with van der Waals surface area (Å²) < 4.78 is 5.91. The van der Waals surface area contributed by atoms with Gasteiger partial charge in [-0.3, -0.25) is 0 Å². The molecule has 0 fully saturated rings. The Morgan fingerprint density at radius 3 is 2.85 bits per heavy atom. The number of ether oxygens (including phenoxy) is 1. The van der Waals surface area contributed by atoms with Gasteiger partial charge < -0.3 is 15.0 Å². The lowest BCUT2D eigenvalue weighted by Crippen LogP contribution is -2.31. The fraction of sp³-hybridized carbons (Fsp3) is 0.647. The standard InChI is InChI=1S/C17H28N2O/c1-14(2)19(3)11-7-6-10-18-13-16-12-15-8-4-5-9-17(15)20-16/h4-5,8-9,14,16,18H,6-7,10-13H2,1-3H3. The van der Waals surface area contributed by atoms with Gasteiger partial charge >= 0.3 is 0 Å². The Bertz CT molecular complexity index is 381. The molecule has 0 radical (unpaired) electrons. The first-order valence-corrected chi connectivity index (χ1v) is 7.82. The molecule has 0 saturated heterocycles. The minimum atomic E-state index is 0.311. The van der Waals surface area contributed by atoms with Crippen molar-refractivity contribution in [2.45, 2.75) is 45.3 Å². The Morgan fingerprint density at radius 2 is 2.10 bits per heavy atom. The fourth-order valence-electron chi connectivity index (χ4n) is 2.50. The summed E-state index contributed by atoms with van der Waals surface area (Å²) in [6.07, 6.45) is 3.84. The molecular formula is C17H28N2O. The van der Waals surface area contributed by atoms with Crippen molar-refractivity contribution >= 4 is 0 Å². The van der Waals surface area contributed by atoms with Crippen LogP contribution in [0.15, 0.2) is 24.3 Å². The highest BCUT2D eigenvalue weighted by Crippen LogP contribution is 2.27. The zero-order valence-corrected chi connectivity index (χ0v) is 13.1. The van der Waals surface area contributed by atoms with Gasteiger partial charge in [-0.15, -0.1) is 0 Å². The number of fused-ring (bicyclic) bond motifs is 1. The van der Waals surface area contributed by atoms with Crippen LogP contribution in [0.4, 0.5) is 0 Å². The molecule has 1 aromatic carbocycles. The minimum absolute atomic E-state index is 0.311. The van der Waals surface area contributed by atoms with Crippen LogP contribution in [-0.4, -0.2) is 43.7 Å². The molecule has 0 bridgehead atoms. The quantitative estimate of drug-likeness (QED) is 0.739. The molecule has 3 heteroatoms. The number of nitrogens with one attached hydrogen (secondary N) is 1. The Hall–Kier alpha value is -1.06. The minimum Gasteiger partial charge on any atom is -0.488 e. The highest BCUT2D eigenvalue weighted by Gasteiger charge is 2.21. The van der Waals surface area contributed by atoms with E-state index in [1.54, 1.807) is 0 Å². The van der Waals surface area contributed by atoms with E-state index in [0.717, 1.165) is 25.3 Å². The number of benzene rings is 1. The van der Waals surface area contributed by atoms with Crippen LogP contribution in [0.5, 0.6) is 5.75 Å². The topological polar surface area (TPSA) is 24.5 Å². The second-order valence-corrected chi connectivity index (χ2v) is 6.04. The van der Waals surface area contributed by atoms with Crippen molar-refractivity contribution < 1.29 is 4.74 Å². The SMILES string of the molecule is CC(C)N(C)CCCCNCC1Cc2ccccc2O1. The molecule has 1 aliphatic rings. The van der Waals surface area contributed by atoms with E-state index in [4.69, 9.17) is 4.74 Å². The highest BCUT2D eigenvalue weighted by molar-refractivity contribution is 5.37. The first-order chi connectivity index (χ1) is 9.66. The molecule has 2 rings (SSSR count). The second-order valence-electron chi connectivity index (χ2n) is 6.04. The van der Waals surface area contributed by atoms with Crippen LogP contribution in [0.25, 0.3) is 0 Å². The third-order valence-electron chi connectivity index (χ3n) is 4.08. The first kappa shape index (κ1) is 15.3. The van der Waals surface area contributed by atoms with E-state index in [0.29, 0.717) is 12.1 Å². The molecule has 1 aromatic rings. The molecule has 1 aliphatic heterocycles. The summed E-state index contributed by atoms with van der Waals surface area (Å²) in [5.74, 6) is 1.07. The lowest BCUT2D eigenvalue weighted by Gasteiger charge is -2.20. The number of hydrogen-bond donors (Lipinski definition) is 1. The van der Waals surface area contributed by atoms with Crippen LogP contribution in [0.1, 0.15) is 32.3 Å². The number of rotatable bonds is 8. The maximum absolute atomic E-state index is 5.91. The number of para-hydroxylation sites is 1. The van der Waals surface area contributed by atoms with Crippen LogP contribution >= 0.6 is 0 Å². The molecule has 0 aliphatic carbocycles. The van der Waals surface area contributed by atoms with E-state index < -0.39 is 0 Å². The van der Waals surface area contributed by atoms with Gasteiger partial charge in [-0.25, -0.2) is 0 Å². The van der Waals surface area contributed by atoms with Gasteiger partial charge in [-0.1, -0.05) is 18.2 Å². The van der Waals surface area contributed by atoms with Crippen molar-refractivity contribution in [1.82, 2.24) is 10.2 Å². The van der Waals surface area contributed by atoms with Crippen molar-refractivity contribution in [3.8, 4) is 5.75 Å². The van der Waals surface area contributed by atoms with E-state index in [2.05, 4.69) is 49.3 Å². The molecule has 1 heterocycles. The normalized spacial score (nSPS) is 17.6. The molecule has 1 atom stereocenters. The van der Waals surface area contributed by atoms with Crippen molar-refractivity contribution in [3.63, 3.8) is 0 Å². The van der Waals surface area contributed by atoms with Crippen molar-refractivity contribution in [3.05, 3.63) is 29.8 Å². The predicted octanol–water partition coefficient (Wildman–Crippen LogP) is 2.70. The van der Waals surface area contributed by atoms with Gasteiger partial charge in [0.2, 0.25) is 0 Å². The number of nitrogens with zero attached hydrogens (tertiary/aromatic N) is 1. The van der Waals surface area contributed by atoms with Crippen LogP contribution in [0.2, 0.25) is 0 Å². The zero-order chi connectivity index (χ0) is 14.4. The predicted molar refractivity (Wildman–Crippen MR) is 84.4 cm³/mol. The molecule has 20 heavy (non-hydrogen) atoms. The van der Waals surface area contributed by atoms with Gasteiger partial charge in [0.15, 0.2) is 0 Å². The molecule has 1 unspecified atom stereocenters. The Morgan fingerprint density at radius 1 is 1.30 bits per heavy atom. The van der Waals surface area contributed by atoms with Crippen LogP contribution in [0.3, 0.4) is 0 Å². The van der Waals surface area contributed by atoms with Crippen molar-refractivity contribution in [2.75, 3.05) is 26.7 Å². The smallest absolute Gasteiger partial charge is 0.123 e. The van der Waals surface area contributed by atoms with Crippen molar-refractivity contribution in [2.24, 2.45) is 0 Å². The molecular weight excluding hydrogens is 248 g/mol. The third kappa shape index (κ3) is 4.50. The van der Waals surface area contributed by atoms with Gasteiger partial charge in [0, 0.05) is 19.0 Å². The Balaban J connectivity index is 1.53. The average Bonchev–Trinajstić information content (AvgIpc) is 2.84. The number of unbranched alkanes of at least 4 members (excludes halogenated alkanes) is 1. The summed E-state index contributed by atoms with van der Waals surface area (Å²) in [6, 6.07) is 9.01. The average molecular weight is 276 g/mol. The molecule has 3 nitrogen and oxygen atoms in total. The zero-order valence-electron chi connectivity index (χ0n) is 13.1. The molecule has 112 valence electrons. The van der Waals surface area contributed by atoms with Gasteiger partial charge in [-0.2, -0.15) is 0 Å². The van der Waals surface area contributed by atoms with Gasteiger partial charge in [0.05, 0.1) is 0 Å². The van der Waals surface area contributed by atoms with Gasteiger partial charge in [-0.05, 0) is 58.5 Å². The van der Waals surface area contributed by atoms with Crippen LogP contribution in [0, 0.1) is 0 Å². The summed E-state index contributed by atoms with van der Waals surface area (Å²) in [6.45, 7) is 7.71. The maximum Gasteiger partial charge on any atom is 0.123 e. The summed E-state index contributed by atoms with van der Waals surface area (Å²) in [4.78, 5) is 2.40. The third-order valence-corrected chi connectivity index (χ3v) is 4.08. The van der Waals surface area contributed by atoms with E-state index in [1.165, 1.54) is 24.9 Å².